The Kier molecular flexibility index (Phi) is 3.06. The smallest absolute Gasteiger partial charge is 0.161 e. The number of carbonyl (C=O) groups is 1. The first-order chi connectivity index (χ1) is 7.74. The predicted molar refractivity (Wildman–Crippen MR) is 63.8 cm³/mol. The van der Waals surface area contributed by atoms with E-state index >= 15 is 0 Å². The van der Waals surface area contributed by atoms with Gasteiger partial charge in [0.25, 0.3) is 0 Å². The van der Waals surface area contributed by atoms with E-state index in [4.69, 9.17) is 4.74 Å². The second-order valence-electron chi connectivity index (χ2n) is 3.80. The summed E-state index contributed by atoms with van der Waals surface area (Å²) in [5.74, 6) is 0.1000. The number of carbonyl (C=O) groups excluding carboxylic acids is 1. The molecule has 1 aromatic heterocycles. The molecule has 0 saturated carbocycles. The molecule has 0 fully saturated rings. The van der Waals surface area contributed by atoms with Crippen LogP contribution in [0.15, 0.2) is 30.5 Å². The summed E-state index contributed by atoms with van der Waals surface area (Å²) in [5, 5.41) is 1.10. The van der Waals surface area contributed by atoms with E-state index in [-0.39, 0.29) is 5.78 Å². The molecule has 0 amide bonds. The van der Waals surface area contributed by atoms with Crippen LogP contribution in [0.25, 0.3) is 10.9 Å². The highest BCUT2D eigenvalue weighted by molar-refractivity contribution is 6.05. The molecule has 0 aliphatic carbocycles. The number of methoxy groups -OCH3 is 1. The molecule has 84 valence electrons. The number of ketones is 1. The van der Waals surface area contributed by atoms with Gasteiger partial charge in [0.2, 0.25) is 0 Å². The van der Waals surface area contributed by atoms with Crippen molar-refractivity contribution >= 4 is 16.7 Å². The van der Waals surface area contributed by atoms with Gasteiger partial charge in [-0.25, -0.2) is 0 Å². The molecule has 2 aromatic rings. The third-order valence-electron chi connectivity index (χ3n) is 2.70. The van der Waals surface area contributed by atoms with Crippen molar-refractivity contribution in [1.82, 2.24) is 4.57 Å². The average Bonchev–Trinajstić information content (AvgIpc) is 2.69. The zero-order valence-electron chi connectivity index (χ0n) is 9.56. The van der Waals surface area contributed by atoms with E-state index in [0.717, 1.165) is 23.0 Å². The van der Waals surface area contributed by atoms with E-state index < -0.39 is 0 Å². The highest BCUT2D eigenvalue weighted by atomic mass is 16.5. The lowest BCUT2D eigenvalue weighted by atomic mass is 10.1. The van der Waals surface area contributed by atoms with E-state index in [1.165, 1.54) is 0 Å². The van der Waals surface area contributed by atoms with Crippen molar-refractivity contribution in [1.29, 1.82) is 0 Å². The number of nitrogens with zero attached hydrogens (tertiary/aromatic N) is 1. The highest BCUT2D eigenvalue weighted by Crippen LogP contribution is 2.20. The van der Waals surface area contributed by atoms with E-state index in [1.54, 1.807) is 14.0 Å². The van der Waals surface area contributed by atoms with Crippen LogP contribution < -0.4 is 0 Å². The molecular weight excluding hydrogens is 202 g/mol. The molecule has 0 spiro atoms. The number of rotatable bonds is 4. The van der Waals surface area contributed by atoms with Crippen molar-refractivity contribution in [3.05, 3.63) is 36.0 Å². The Labute approximate surface area is 94.6 Å². The number of hydrogen-bond donors (Lipinski definition) is 0. The second-order valence-corrected chi connectivity index (χ2v) is 3.80. The van der Waals surface area contributed by atoms with Gasteiger partial charge in [-0.05, 0) is 19.1 Å². The molecule has 0 N–H and O–H groups in total. The molecule has 2 rings (SSSR count). The van der Waals surface area contributed by atoms with E-state index in [1.807, 2.05) is 30.5 Å². The van der Waals surface area contributed by atoms with Gasteiger partial charge < -0.3 is 9.30 Å². The number of para-hydroxylation sites is 1. The van der Waals surface area contributed by atoms with Crippen molar-refractivity contribution in [2.75, 3.05) is 13.7 Å². The summed E-state index contributed by atoms with van der Waals surface area (Å²) in [4.78, 5) is 11.5. The minimum absolute atomic E-state index is 0.1000. The fraction of sp³-hybridized carbons (Fsp3) is 0.308. The SMILES string of the molecule is COCCn1ccc2cccc(C(C)=O)c21. The van der Waals surface area contributed by atoms with Crippen LogP contribution in [0.3, 0.4) is 0 Å². The fourth-order valence-electron chi connectivity index (χ4n) is 1.92. The molecule has 0 radical (unpaired) electrons. The Balaban J connectivity index is 2.54. The van der Waals surface area contributed by atoms with Gasteiger partial charge in [0, 0.05) is 30.8 Å². The van der Waals surface area contributed by atoms with Gasteiger partial charge >= 0.3 is 0 Å². The number of benzene rings is 1. The molecule has 0 saturated heterocycles. The maximum atomic E-state index is 11.5. The van der Waals surface area contributed by atoms with Crippen molar-refractivity contribution < 1.29 is 9.53 Å². The van der Waals surface area contributed by atoms with Gasteiger partial charge in [-0.15, -0.1) is 0 Å². The molecule has 0 aliphatic heterocycles. The first-order valence-corrected chi connectivity index (χ1v) is 5.32. The van der Waals surface area contributed by atoms with Crippen LogP contribution in [0, 0.1) is 0 Å². The number of ether oxygens (including phenoxy) is 1. The summed E-state index contributed by atoms with van der Waals surface area (Å²) >= 11 is 0. The lowest BCUT2D eigenvalue weighted by Gasteiger charge is -2.07. The predicted octanol–water partition coefficient (Wildman–Crippen LogP) is 2.49. The monoisotopic (exact) mass is 217 g/mol. The molecule has 16 heavy (non-hydrogen) atoms. The van der Waals surface area contributed by atoms with Crippen molar-refractivity contribution in [2.24, 2.45) is 0 Å². The van der Waals surface area contributed by atoms with Gasteiger partial charge in [0.1, 0.15) is 0 Å². The third-order valence-corrected chi connectivity index (χ3v) is 2.70. The van der Waals surface area contributed by atoms with Crippen LogP contribution in [0.5, 0.6) is 0 Å². The Morgan fingerprint density at radius 1 is 1.38 bits per heavy atom. The van der Waals surface area contributed by atoms with Crippen LogP contribution in [0.2, 0.25) is 0 Å². The minimum Gasteiger partial charge on any atom is -0.383 e. The molecule has 0 aliphatic rings. The Morgan fingerprint density at radius 2 is 2.19 bits per heavy atom. The molecular formula is C13H15NO2. The zero-order chi connectivity index (χ0) is 11.5. The molecule has 3 heteroatoms. The molecule has 1 aromatic carbocycles. The Hall–Kier alpha value is -1.61. The van der Waals surface area contributed by atoms with Crippen molar-refractivity contribution in [2.45, 2.75) is 13.5 Å². The fourth-order valence-corrected chi connectivity index (χ4v) is 1.92. The molecule has 3 nitrogen and oxygen atoms in total. The number of hydrogen-bond acceptors (Lipinski definition) is 2. The second kappa shape index (κ2) is 4.49. The number of fused-ring (bicyclic) bond motifs is 1. The van der Waals surface area contributed by atoms with Crippen LogP contribution in [-0.4, -0.2) is 24.1 Å². The number of Topliss-reactive ketones (excluding diaryl/α,β-unsaturated/α-hetero) is 1. The van der Waals surface area contributed by atoms with Crippen LogP contribution in [-0.2, 0) is 11.3 Å². The van der Waals surface area contributed by atoms with Crippen LogP contribution >= 0.6 is 0 Å². The first-order valence-electron chi connectivity index (χ1n) is 5.32. The average molecular weight is 217 g/mol. The molecule has 1 heterocycles. The quantitative estimate of drug-likeness (QED) is 0.737. The summed E-state index contributed by atoms with van der Waals surface area (Å²) < 4.78 is 7.12. The molecule has 0 unspecified atom stereocenters. The van der Waals surface area contributed by atoms with Crippen LogP contribution in [0.1, 0.15) is 17.3 Å². The van der Waals surface area contributed by atoms with E-state index in [9.17, 15) is 4.79 Å². The van der Waals surface area contributed by atoms with Gasteiger partial charge in [0.15, 0.2) is 5.78 Å². The summed E-state index contributed by atoms with van der Waals surface area (Å²) in [7, 11) is 1.68. The standard InChI is InChI=1S/C13H15NO2/c1-10(15)12-5-3-4-11-6-7-14(13(11)12)8-9-16-2/h3-7H,8-9H2,1-2H3. The van der Waals surface area contributed by atoms with Crippen molar-refractivity contribution in [3.63, 3.8) is 0 Å². The summed E-state index contributed by atoms with van der Waals surface area (Å²) in [6, 6.07) is 7.83. The number of aromatic nitrogens is 1. The normalized spacial score (nSPS) is 10.9. The summed E-state index contributed by atoms with van der Waals surface area (Å²) in [5.41, 5.74) is 1.78. The van der Waals surface area contributed by atoms with E-state index in [2.05, 4.69) is 4.57 Å². The largest absolute Gasteiger partial charge is 0.383 e. The van der Waals surface area contributed by atoms with Crippen LogP contribution in [0.4, 0.5) is 0 Å². The minimum atomic E-state index is 0.1000. The maximum Gasteiger partial charge on any atom is 0.161 e. The summed E-state index contributed by atoms with van der Waals surface area (Å²) in [6.07, 6.45) is 2.00. The summed E-state index contributed by atoms with van der Waals surface area (Å²) in [6.45, 7) is 3.02. The first kappa shape index (κ1) is 10.9. The molecule has 0 atom stereocenters. The molecule has 0 bridgehead atoms. The van der Waals surface area contributed by atoms with Gasteiger partial charge in [0.05, 0.1) is 12.1 Å². The van der Waals surface area contributed by atoms with Gasteiger partial charge in [-0.3, -0.25) is 4.79 Å². The third kappa shape index (κ3) is 1.86. The van der Waals surface area contributed by atoms with Gasteiger partial charge in [-0.2, -0.15) is 0 Å². The lowest BCUT2D eigenvalue weighted by molar-refractivity contribution is 0.101. The topological polar surface area (TPSA) is 31.2 Å². The Morgan fingerprint density at radius 3 is 2.88 bits per heavy atom. The Bertz CT molecular complexity index is 514. The zero-order valence-corrected chi connectivity index (χ0v) is 9.56. The van der Waals surface area contributed by atoms with Gasteiger partial charge in [-0.1, -0.05) is 12.1 Å². The van der Waals surface area contributed by atoms with Crippen molar-refractivity contribution in [3.8, 4) is 0 Å². The highest BCUT2D eigenvalue weighted by Gasteiger charge is 2.09. The van der Waals surface area contributed by atoms with E-state index in [0.29, 0.717) is 6.61 Å². The lowest BCUT2D eigenvalue weighted by Crippen LogP contribution is -2.05. The maximum absolute atomic E-state index is 11.5.